The lowest BCUT2D eigenvalue weighted by Crippen LogP contribution is -2.12. The van der Waals surface area contributed by atoms with Gasteiger partial charge in [-0.15, -0.1) is 0 Å². The lowest BCUT2D eigenvalue weighted by Gasteiger charge is -2.05. The molecular formula is C11H12FNO3. The third-order valence-corrected chi connectivity index (χ3v) is 1.77. The van der Waals surface area contributed by atoms with E-state index in [9.17, 15) is 9.18 Å². The van der Waals surface area contributed by atoms with Crippen LogP contribution in [-0.2, 0) is 9.53 Å². The molecule has 86 valence electrons. The molecule has 0 atom stereocenters. The summed E-state index contributed by atoms with van der Waals surface area (Å²) >= 11 is 0. The van der Waals surface area contributed by atoms with E-state index in [1.165, 1.54) is 14.2 Å². The molecule has 0 aliphatic heterocycles. The van der Waals surface area contributed by atoms with Gasteiger partial charge in [0.15, 0.2) is 0 Å². The summed E-state index contributed by atoms with van der Waals surface area (Å²) < 4.78 is 22.3. The van der Waals surface area contributed by atoms with E-state index in [1.54, 1.807) is 24.3 Å². The Kier molecular flexibility index (Phi) is 4.32. The lowest BCUT2D eigenvalue weighted by atomic mass is 10.3. The van der Waals surface area contributed by atoms with Crippen molar-refractivity contribution in [3.8, 4) is 5.75 Å². The van der Waals surface area contributed by atoms with Gasteiger partial charge in [-0.05, 0) is 12.1 Å². The van der Waals surface area contributed by atoms with Gasteiger partial charge in [0.1, 0.15) is 12.0 Å². The Balaban J connectivity index is 2.73. The number of rotatable bonds is 4. The maximum absolute atomic E-state index is 13.0. The van der Waals surface area contributed by atoms with Crippen molar-refractivity contribution in [2.45, 2.75) is 0 Å². The van der Waals surface area contributed by atoms with Crippen molar-refractivity contribution in [2.24, 2.45) is 0 Å². The zero-order chi connectivity index (χ0) is 12.0. The van der Waals surface area contributed by atoms with Gasteiger partial charge in [0, 0.05) is 11.8 Å². The molecule has 0 fully saturated rings. The molecule has 16 heavy (non-hydrogen) atoms. The second-order valence-electron chi connectivity index (χ2n) is 2.89. The van der Waals surface area contributed by atoms with Gasteiger partial charge in [-0.1, -0.05) is 6.07 Å². The maximum Gasteiger partial charge on any atom is 0.287 e. The Labute approximate surface area is 92.7 Å². The van der Waals surface area contributed by atoms with Crippen LogP contribution < -0.4 is 10.1 Å². The standard InChI is InChI=1S/C11H12FNO3/c1-15-7-10(12)11(14)13-8-4-3-5-9(6-8)16-2/h3-7H,1-2H3,(H,13,14)/b10-7+. The van der Waals surface area contributed by atoms with Crippen molar-refractivity contribution in [1.29, 1.82) is 0 Å². The van der Waals surface area contributed by atoms with Gasteiger partial charge < -0.3 is 14.8 Å². The molecule has 5 heteroatoms. The molecule has 0 saturated carbocycles. The maximum atomic E-state index is 13.0. The van der Waals surface area contributed by atoms with Crippen LogP contribution in [0.2, 0.25) is 0 Å². The number of hydrogen-bond acceptors (Lipinski definition) is 3. The number of amides is 1. The van der Waals surface area contributed by atoms with Crippen LogP contribution in [0.15, 0.2) is 36.4 Å². The van der Waals surface area contributed by atoms with E-state index in [0.29, 0.717) is 11.4 Å². The molecule has 1 amide bonds. The Morgan fingerprint density at radius 1 is 1.44 bits per heavy atom. The van der Waals surface area contributed by atoms with Crippen LogP contribution in [0.25, 0.3) is 0 Å². The Bertz CT molecular complexity index is 404. The summed E-state index contributed by atoms with van der Waals surface area (Å²) in [6.45, 7) is 0. The number of benzene rings is 1. The summed E-state index contributed by atoms with van der Waals surface area (Å²) in [5.41, 5.74) is 0.448. The van der Waals surface area contributed by atoms with Crippen molar-refractivity contribution in [3.05, 3.63) is 36.4 Å². The van der Waals surface area contributed by atoms with E-state index < -0.39 is 11.7 Å². The van der Waals surface area contributed by atoms with Crippen LogP contribution in [0.5, 0.6) is 5.75 Å². The highest BCUT2D eigenvalue weighted by Crippen LogP contribution is 2.17. The van der Waals surface area contributed by atoms with Crippen LogP contribution in [0.4, 0.5) is 10.1 Å². The minimum absolute atomic E-state index is 0.448. The number of methoxy groups -OCH3 is 2. The van der Waals surface area contributed by atoms with Gasteiger partial charge in [0.25, 0.3) is 5.91 Å². The molecule has 0 unspecified atom stereocenters. The highest BCUT2D eigenvalue weighted by atomic mass is 19.1. The van der Waals surface area contributed by atoms with Crippen molar-refractivity contribution in [3.63, 3.8) is 0 Å². The summed E-state index contributed by atoms with van der Waals surface area (Å²) in [5, 5.41) is 2.36. The Morgan fingerprint density at radius 3 is 2.81 bits per heavy atom. The first-order valence-electron chi connectivity index (χ1n) is 4.51. The molecule has 1 aromatic rings. The first-order chi connectivity index (χ1) is 7.67. The Morgan fingerprint density at radius 2 is 2.19 bits per heavy atom. The molecule has 0 aromatic heterocycles. The Hall–Kier alpha value is -2.04. The topological polar surface area (TPSA) is 47.6 Å². The average Bonchev–Trinajstić information content (AvgIpc) is 2.29. The predicted octanol–water partition coefficient (Wildman–Crippen LogP) is 2.09. The SMILES string of the molecule is CO/C=C(/F)C(=O)Nc1cccc(OC)c1. The van der Waals surface area contributed by atoms with E-state index in [1.807, 2.05) is 0 Å². The van der Waals surface area contributed by atoms with E-state index in [-0.39, 0.29) is 0 Å². The highest BCUT2D eigenvalue weighted by molar-refractivity contribution is 6.01. The molecule has 1 N–H and O–H groups in total. The minimum Gasteiger partial charge on any atom is -0.501 e. The summed E-state index contributed by atoms with van der Waals surface area (Å²) in [6.07, 6.45) is 0.732. The number of anilines is 1. The van der Waals surface area contributed by atoms with Gasteiger partial charge in [-0.3, -0.25) is 4.79 Å². The van der Waals surface area contributed by atoms with Crippen LogP contribution in [0.3, 0.4) is 0 Å². The third kappa shape index (κ3) is 3.27. The van der Waals surface area contributed by atoms with Gasteiger partial charge >= 0.3 is 0 Å². The van der Waals surface area contributed by atoms with Crippen molar-refractivity contribution in [2.75, 3.05) is 19.5 Å². The van der Waals surface area contributed by atoms with E-state index in [0.717, 1.165) is 6.26 Å². The number of nitrogens with one attached hydrogen (secondary N) is 1. The van der Waals surface area contributed by atoms with Gasteiger partial charge in [0.05, 0.1) is 14.2 Å². The van der Waals surface area contributed by atoms with Crippen LogP contribution >= 0.6 is 0 Å². The highest BCUT2D eigenvalue weighted by Gasteiger charge is 2.09. The molecular weight excluding hydrogens is 213 g/mol. The van der Waals surface area contributed by atoms with E-state index in [2.05, 4.69) is 10.1 Å². The quantitative estimate of drug-likeness (QED) is 0.630. The number of carbonyl (C=O) groups is 1. The van der Waals surface area contributed by atoms with Crippen LogP contribution in [0, 0.1) is 0 Å². The fourth-order valence-corrected chi connectivity index (χ4v) is 1.05. The average molecular weight is 225 g/mol. The molecule has 0 spiro atoms. The summed E-state index contributed by atoms with van der Waals surface area (Å²) in [7, 11) is 2.77. The smallest absolute Gasteiger partial charge is 0.287 e. The molecule has 0 bridgehead atoms. The third-order valence-electron chi connectivity index (χ3n) is 1.77. The first-order valence-corrected chi connectivity index (χ1v) is 4.51. The largest absolute Gasteiger partial charge is 0.501 e. The van der Waals surface area contributed by atoms with Crippen molar-refractivity contribution >= 4 is 11.6 Å². The zero-order valence-corrected chi connectivity index (χ0v) is 8.99. The minimum atomic E-state index is -0.995. The molecule has 1 aromatic carbocycles. The first kappa shape index (κ1) is 12.0. The van der Waals surface area contributed by atoms with Gasteiger partial charge in [-0.2, -0.15) is 4.39 Å². The number of carbonyl (C=O) groups excluding carboxylic acids is 1. The number of hydrogen-bond donors (Lipinski definition) is 1. The predicted molar refractivity (Wildman–Crippen MR) is 57.8 cm³/mol. The van der Waals surface area contributed by atoms with Gasteiger partial charge in [0.2, 0.25) is 5.83 Å². The zero-order valence-electron chi connectivity index (χ0n) is 8.99. The lowest BCUT2D eigenvalue weighted by molar-refractivity contribution is -0.114. The fourth-order valence-electron chi connectivity index (χ4n) is 1.05. The monoisotopic (exact) mass is 225 g/mol. The van der Waals surface area contributed by atoms with E-state index >= 15 is 0 Å². The molecule has 0 saturated heterocycles. The molecule has 0 heterocycles. The van der Waals surface area contributed by atoms with E-state index in [4.69, 9.17) is 4.74 Å². The van der Waals surface area contributed by atoms with Crippen molar-refractivity contribution < 1.29 is 18.7 Å². The van der Waals surface area contributed by atoms with Gasteiger partial charge in [-0.25, -0.2) is 0 Å². The second kappa shape index (κ2) is 5.75. The molecule has 1 rings (SSSR count). The van der Waals surface area contributed by atoms with Crippen LogP contribution in [-0.4, -0.2) is 20.1 Å². The number of ether oxygens (including phenoxy) is 2. The van der Waals surface area contributed by atoms with Crippen molar-refractivity contribution in [1.82, 2.24) is 0 Å². The fraction of sp³-hybridized carbons (Fsp3) is 0.182. The molecule has 0 aliphatic carbocycles. The normalized spacial score (nSPS) is 10.8. The molecule has 0 aliphatic rings. The summed E-state index contributed by atoms with van der Waals surface area (Å²) in [4.78, 5) is 11.2. The summed E-state index contributed by atoms with van der Waals surface area (Å²) in [6, 6.07) is 6.61. The number of halogens is 1. The van der Waals surface area contributed by atoms with Crippen LogP contribution in [0.1, 0.15) is 0 Å². The second-order valence-corrected chi connectivity index (χ2v) is 2.89. The molecule has 4 nitrogen and oxygen atoms in total. The summed E-state index contributed by atoms with van der Waals surface area (Å²) in [5.74, 6) is -1.28. The molecule has 0 radical (unpaired) electrons.